The summed E-state index contributed by atoms with van der Waals surface area (Å²) in [4.78, 5) is 31.6. The van der Waals surface area contributed by atoms with E-state index in [0.29, 0.717) is 48.5 Å². The standard InChI is InChI=1S/C35H37ClF3N7O2/c1-44(19-5-6-25-9-13-28(36)14-10-25)33-41-32(40-18-17-26-11-15-29(47)16-12-26)42-34(43-33)46-22-20-45(21-23-46)31(35(37,38)39)24-30(48)27-7-3-2-4-8-27/h2-4,7-16,24,47H,5-6,17-23H2,1H3,(H,40,41,42,43)/b31-24+. The number of aromatic hydroxyl groups is 1. The maximum absolute atomic E-state index is 14.1. The van der Waals surface area contributed by atoms with Gasteiger partial charge in [0.2, 0.25) is 17.8 Å². The number of nitrogens with one attached hydrogen (secondary N) is 1. The molecule has 3 aromatic carbocycles. The Hall–Kier alpha value is -4.84. The van der Waals surface area contributed by atoms with Gasteiger partial charge in [-0.3, -0.25) is 4.79 Å². The van der Waals surface area contributed by atoms with Crippen LogP contribution in [0, 0.1) is 0 Å². The topological polar surface area (TPSA) is 97.7 Å². The van der Waals surface area contributed by atoms with Gasteiger partial charge in [-0.1, -0.05) is 66.2 Å². The third-order valence-electron chi connectivity index (χ3n) is 7.98. The Labute approximate surface area is 282 Å². The van der Waals surface area contributed by atoms with E-state index in [1.165, 1.54) is 17.0 Å². The van der Waals surface area contributed by atoms with Crippen LogP contribution in [0.5, 0.6) is 5.75 Å². The summed E-state index contributed by atoms with van der Waals surface area (Å²) in [5.74, 6) is 0.641. The number of phenolic OH excluding ortho intramolecular Hbond substituents is 1. The summed E-state index contributed by atoms with van der Waals surface area (Å²) in [5.41, 5.74) is 1.41. The second kappa shape index (κ2) is 15.8. The number of piperazine rings is 1. The van der Waals surface area contributed by atoms with Crippen LogP contribution in [0.25, 0.3) is 0 Å². The predicted octanol–water partition coefficient (Wildman–Crippen LogP) is 6.41. The van der Waals surface area contributed by atoms with Crippen LogP contribution in [0.15, 0.2) is 90.6 Å². The van der Waals surface area contributed by atoms with E-state index in [9.17, 15) is 23.1 Å². The third-order valence-corrected chi connectivity index (χ3v) is 8.23. The molecule has 4 aromatic rings. The molecule has 1 aliphatic heterocycles. The van der Waals surface area contributed by atoms with Crippen LogP contribution in [-0.4, -0.2) is 83.2 Å². The molecule has 252 valence electrons. The number of rotatable bonds is 13. The molecule has 48 heavy (non-hydrogen) atoms. The largest absolute Gasteiger partial charge is 0.508 e. The predicted molar refractivity (Wildman–Crippen MR) is 182 cm³/mol. The number of ketones is 1. The van der Waals surface area contributed by atoms with Crippen molar-refractivity contribution in [3.8, 4) is 5.75 Å². The number of carbonyl (C=O) groups is 1. The number of anilines is 3. The number of benzene rings is 3. The quantitative estimate of drug-likeness (QED) is 0.123. The first kappa shape index (κ1) is 34.5. The second-order valence-electron chi connectivity index (χ2n) is 11.5. The molecule has 1 saturated heterocycles. The number of hydrogen-bond acceptors (Lipinski definition) is 9. The Morgan fingerprint density at radius 2 is 1.56 bits per heavy atom. The lowest BCUT2D eigenvalue weighted by atomic mass is 10.1. The molecule has 0 radical (unpaired) electrons. The maximum Gasteiger partial charge on any atom is 0.431 e. The highest BCUT2D eigenvalue weighted by molar-refractivity contribution is 6.30. The van der Waals surface area contributed by atoms with E-state index < -0.39 is 17.7 Å². The van der Waals surface area contributed by atoms with Gasteiger partial charge in [0.1, 0.15) is 11.4 Å². The molecule has 1 aromatic heterocycles. The molecule has 5 rings (SSSR count). The Morgan fingerprint density at radius 1 is 0.917 bits per heavy atom. The summed E-state index contributed by atoms with van der Waals surface area (Å²) >= 11 is 6.01. The summed E-state index contributed by atoms with van der Waals surface area (Å²) in [7, 11) is 1.89. The van der Waals surface area contributed by atoms with Crippen molar-refractivity contribution in [3.63, 3.8) is 0 Å². The molecule has 0 atom stereocenters. The number of phenols is 1. The van der Waals surface area contributed by atoms with Crippen molar-refractivity contribution < 1.29 is 23.1 Å². The average molecular weight is 680 g/mol. The van der Waals surface area contributed by atoms with Gasteiger partial charge in [0, 0.05) is 63.0 Å². The van der Waals surface area contributed by atoms with Crippen LogP contribution < -0.4 is 15.1 Å². The Morgan fingerprint density at radius 3 is 2.23 bits per heavy atom. The molecule has 2 heterocycles. The lowest BCUT2D eigenvalue weighted by molar-refractivity contribution is -0.112. The molecule has 2 N–H and O–H groups in total. The highest BCUT2D eigenvalue weighted by Gasteiger charge is 2.39. The number of nitrogens with zero attached hydrogens (tertiary/aromatic N) is 6. The number of alkyl halides is 3. The smallest absolute Gasteiger partial charge is 0.431 e. The number of allylic oxidation sites excluding steroid dienone is 2. The van der Waals surface area contributed by atoms with Gasteiger partial charge >= 0.3 is 6.18 Å². The Balaban J connectivity index is 1.29. The minimum atomic E-state index is -4.70. The van der Waals surface area contributed by atoms with Crippen molar-refractivity contribution in [2.24, 2.45) is 0 Å². The summed E-state index contributed by atoms with van der Waals surface area (Å²) in [6.45, 7) is 1.64. The van der Waals surface area contributed by atoms with Crippen molar-refractivity contribution >= 4 is 35.2 Å². The number of hydrogen-bond donors (Lipinski definition) is 2. The van der Waals surface area contributed by atoms with Crippen LogP contribution in [0.2, 0.25) is 5.02 Å². The molecular formula is C35H37ClF3N7O2. The zero-order valence-corrected chi connectivity index (χ0v) is 27.3. The summed E-state index contributed by atoms with van der Waals surface area (Å²) in [6, 6.07) is 22.6. The first-order chi connectivity index (χ1) is 23.0. The van der Waals surface area contributed by atoms with Gasteiger partial charge in [-0.2, -0.15) is 28.1 Å². The van der Waals surface area contributed by atoms with Gasteiger partial charge < -0.3 is 25.1 Å². The Kier molecular flexibility index (Phi) is 11.4. The average Bonchev–Trinajstić information content (AvgIpc) is 3.08. The van der Waals surface area contributed by atoms with Crippen LogP contribution >= 0.6 is 11.6 Å². The second-order valence-corrected chi connectivity index (χ2v) is 11.9. The first-order valence-electron chi connectivity index (χ1n) is 15.7. The van der Waals surface area contributed by atoms with Gasteiger partial charge in [-0.25, -0.2) is 0 Å². The van der Waals surface area contributed by atoms with E-state index in [4.69, 9.17) is 16.6 Å². The molecule has 0 spiro atoms. The molecule has 0 amide bonds. The monoisotopic (exact) mass is 679 g/mol. The SMILES string of the molecule is CN(CCCc1ccc(Cl)cc1)c1nc(NCCc2ccc(O)cc2)nc(N2CCN(/C(=C/C(=O)c3ccccc3)C(F)(F)F)CC2)n1. The highest BCUT2D eigenvalue weighted by Crippen LogP contribution is 2.30. The molecule has 0 unspecified atom stereocenters. The van der Waals surface area contributed by atoms with Gasteiger partial charge in [0.05, 0.1) is 0 Å². The first-order valence-corrected chi connectivity index (χ1v) is 16.0. The lowest BCUT2D eigenvalue weighted by Crippen LogP contribution is -2.49. The fourth-order valence-corrected chi connectivity index (χ4v) is 5.43. The maximum atomic E-state index is 14.1. The van der Waals surface area contributed by atoms with Crippen molar-refractivity contribution in [1.82, 2.24) is 19.9 Å². The fraction of sp³-hybridized carbons (Fsp3) is 0.314. The minimum Gasteiger partial charge on any atom is -0.508 e. The zero-order chi connectivity index (χ0) is 34.1. The van der Waals surface area contributed by atoms with E-state index in [0.717, 1.165) is 24.0 Å². The summed E-state index contributed by atoms with van der Waals surface area (Å²) < 4.78 is 42.4. The molecule has 0 saturated carbocycles. The van der Waals surface area contributed by atoms with Crippen molar-refractivity contribution in [2.45, 2.75) is 25.4 Å². The summed E-state index contributed by atoms with van der Waals surface area (Å²) in [5, 5.41) is 13.5. The number of carbonyl (C=O) groups excluding carboxylic acids is 1. The molecule has 1 aliphatic rings. The van der Waals surface area contributed by atoms with Crippen molar-refractivity contribution in [1.29, 1.82) is 0 Å². The van der Waals surface area contributed by atoms with Crippen LogP contribution in [0.4, 0.5) is 31.0 Å². The van der Waals surface area contributed by atoms with Gasteiger partial charge in [-0.05, 0) is 54.7 Å². The molecule has 1 fully saturated rings. The molecule has 0 aliphatic carbocycles. The molecular weight excluding hydrogens is 643 g/mol. The van der Waals surface area contributed by atoms with Crippen molar-refractivity contribution in [3.05, 3.63) is 112 Å². The van der Waals surface area contributed by atoms with E-state index in [1.54, 1.807) is 30.3 Å². The van der Waals surface area contributed by atoms with E-state index in [1.807, 2.05) is 53.2 Å². The van der Waals surface area contributed by atoms with Crippen LogP contribution in [-0.2, 0) is 12.8 Å². The fourth-order valence-electron chi connectivity index (χ4n) is 5.31. The van der Waals surface area contributed by atoms with Gasteiger partial charge in [0.25, 0.3) is 0 Å². The zero-order valence-electron chi connectivity index (χ0n) is 26.5. The summed E-state index contributed by atoms with van der Waals surface area (Å²) in [6.07, 6.45) is -1.70. The highest BCUT2D eigenvalue weighted by atomic mass is 35.5. The van der Waals surface area contributed by atoms with Crippen LogP contribution in [0.3, 0.4) is 0 Å². The van der Waals surface area contributed by atoms with E-state index in [-0.39, 0.29) is 37.5 Å². The molecule has 13 heteroatoms. The number of halogens is 4. The lowest BCUT2D eigenvalue weighted by Gasteiger charge is -2.37. The van der Waals surface area contributed by atoms with E-state index >= 15 is 0 Å². The Bertz CT molecular complexity index is 1680. The van der Waals surface area contributed by atoms with Crippen molar-refractivity contribution in [2.75, 3.05) is 61.4 Å². The number of aryl methyl sites for hydroxylation is 1. The molecule has 9 nitrogen and oxygen atoms in total. The number of aromatic nitrogens is 3. The van der Waals surface area contributed by atoms with E-state index in [2.05, 4.69) is 15.3 Å². The third kappa shape index (κ3) is 9.60. The van der Waals surface area contributed by atoms with Crippen LogP contribution in [0.1, 0.15) is 27.9 Å². The van der Waals surface area contributed by atoms with Gasteiger partial charge in [0.15, 0.2) is 5.78 Å². The minimum absolute atomic E-state index is 0.0228. The normalized spacial score (nSPS) is 13.8. The molecule has 0 bridgehead atoms. The van der Waals surface area contributed by atoms with Gasteiger partial charge in [-0.15, -0.1) is 0 Å².